The number of hydrogen-bond donors (Lipinski definition) is 2. The van der Waals surface area contributed by atoms with E-state index in [2.05, 4.69) is 17.6 Å². The molecule has 0 aliphatic rings. The Morgan fingerprint density at radius 3 is 2.47 bits per heavy atom. The van der Waals surface area contributed by atoms with E-state index in [1.54, 1.807) is 0 Å². The Hall–Kier alpha value is -1.84. The van der Waals surface area contributed by atoms with Gasteiger partial charge in [-0.1, -0.05) is 39.8 Å². The Bertz CT molecular complexity index is 461. The van der Waals surface area contributed by atoms with Crippen molar-refractivity contribution < 1.29 is 9.59 Å². The average molecular weight is 262 g/mol. The van der Waals surface area contributed by atoms with Crippen LogP contribution in [0.5, 0.6) is 0 Å². The van der Waals surface area contributed by atoms with Gasteiger partial charge >= 0.3 is 0 Å². The maximum Gasteiger partial charge on any atom is 0.243 e. The first-order chi connectivity index (χ1) is 8.82. The molecule has 1 aromatic rings. The van der Waals surface area contributed by atoms with Crippen molar-refractivity contribution in [3.05, 3.63) is 29.8 Å². The Morgan fingerprint density at radius 2 is 1.89 bits per heavy atom. The molecule has 4 heteroatoms. The lowest BCUT2D eigenvalue weighted by atomic mass is 9.96. The summed E-state index contributed by atoms with van der Waals surface area (Å²) >= 11 is 0. The Morgan fingerprint density at radius 1 is 1.21 bits per heavy atom. The van der Waals surface area contributed by atoms with Crippen LogP contribution in [0.1, 0.15) is 33.3 Å². The highest BCUT2D eigenvalue weighted by atomic mass is 16.2. The molecule has 1 aromatic carbocycles. The summed E-state index contributed by atoms with van der Waals surface area (Å²) in [7, 11) is 0. The fourth-order valence-corrected chi connectivity index (χ4v) is 1.50. The van der Waals surface area contributed by atoms with Gasteiger partial charge in [-0.05, 0) is 24.1 Å². The van der Waals surface area contributed by atoms with E-state index in [9.17, 15) is 9.59 Å². The predicted octanol–water partition coefficient (Wildman–Crippen LogP) is 2.35. The van der Waals surface area contributed by atoms with Crippen molar-refractivity contribution in [2.75, 3.05) is 11.9 Å². The molecular formula is C15H22N2O2. The molecule has 0 saturated heterocycles. The number of anilines is 1. The number of rotatable bonds is 4. The largest absolute Gasteiger partial charge is 0.347 e. The van der Waals surface area contributed by atoms with Crippen molar-refractivity contribution in [2.45, 2.75) is 34.1 Å². The lowest BCUT2D eigenvalue weighted by molar-refractivity contribution is -0.130. The molecule has 0 fully saturated rings. The number of hydrogen-bond acceptors (Lipinski definition) is 2. The summed E-state index contributed by atoms with van der Waals surface area (Å²) in [5.41, 5.74) is 1.44. The smallest absolute Gasteiger partial charge is 0.243 e. The van der Waals surface area contributed by atoms with Crippen LogP contribution >= 0.6 is 0 Å². The van der Waals surface area contributed by atoms with Gasteiger partial charge in [0.1, 0.15) is 0 Å². The van der Waals surface area contributed by atoms with Crippen LogP contribution in [-0.4, -0.2) is 18.4 Å². The van der Waals surface area contributed by atoms with Crippen LogP contribution in [-0.2, 0) is 16.0 Å². The molecule has 0 aliphatic carbocycles. The minimum atomic E-state index is -0.484. The normalized spacial score (nSPS) is 10.9. The van der Waals surface area contributed by atoms with E-state index < -0.39 is 5.41 Å². The lowest BCUT2D eigenvalue weighted by Gasteiger charge is -2.17. The first-order valence-corrected chi connectivity index (χ1v) is 6.50. The van der Waals surface area contributed by atoms with E-state index in [4.69, 9.17) is 0 Å². The van der Waals surface area contributed by atoms with Crippen molar-refractivity contribution in [2.24, 2.45) is 5.41 Å². The number of benzene rings is 1. The first-order valence-electron chi connectivity index (χ1n) is 6.50. The zero-order valence-corrected chi connectivity index (χ0v) is 12.0. The van der Waals surface area contributed by atoms with E-state index in [1.807, 2.05) is 45.0 Å². The van der Waals surface area contributed by atoms with E-state index in [0.29, 0.717) is 0 Å². The molecular weight excluding hydrogens is 240 g/mol. The summed E-state index contributed by atoms with van der Waals surface area (Å²) in [5, 5.41) is 5.39. The zero-order chi connectivity index (χ0) is 14.5. The average Bonchev–Trinajstić information content (AvgIpc) is 2.35. The summed E-state index contributed by atoms with van der Waals surface area (Å²) in [6.07, 6.45) is 0.921. The Labute approximate surface area is 114 Å². The summed E-state index contributed by atoms with van der Waals surface area (Å²) in [6.45, 7) is 7.48. The van der Waals surface area contributed by atoms with Gasteiger partial charge in [0, 0.05) is 11.1 Å². The van der Waals surface area contributed by atoms with Crippen molar-refractivity contribution in [1.29, 1.82) is 0 Å². The minimum Gasteiger partial charge on any atom is -0.347 e. The molecule has 0 heterocycles. The number of carbonyl (C=O) groups excluding carboxylic acids is 2. The molecule has 0 aromatic heterocycles. The molecule has 104 valence electrons. The summed E-state index contributed by atoms with van der Waals surface area (Å²) in [5.74, 6) is -0.351. The SMILES string of the molecule is CCc1cccc(NC(=O)CNC(=O)C(C)(C)C)c1. The van der Waals surface area contributed by atoms with Gasteiger partial charge < -0.3 is 10.6 Å². The fourth-order valence-electron chi connectivity index (χ4n) is 1.50. The van der Waals surface area contributed by atoms with Crippen LogP contribution in [0.25, 0.3) is 0 Å². The van der Waals surface area contributed by atoms with E-state index in [0.717, 1.165) is 17.7 Å². The first kappa shape index (κ1) is 15.2. The summed E-state index contributed by atoms with van der Waals surface area (Å²) < 4.78 is 0. The number of carbonyl (C=O) groups is 2. The molecule has 4 nitrogen and oxygen atoms in total. The van der Waals surface area contributed by atoms with Crippen molar-refractivity contribution >= 4 is 17.5 Å². The third-order valence-electron chi connectivity index (χ3n) is 2.71. The Kier molecular flexibility index (Phi) is 5.10. The van der Waals surface area contributed by atoms with Gasteiger partial charge in [0.05, 0.1) is 6.54 Å². The predicted molar refractivity (Wildman–Crippen MR) is 76.9 cm³/mol. The van der Waals surface area contributed by atoms with Crippen molar-refractivity contribution in [1.82, 2.24) is 5.32 Å². The third-order valence-corrected chi connectivity index (χ3v) is 2.71. The molecule has 0 saturated carbocycles. The number of aryl methyl sites for hydroxylation is 1. The molecule has 0 spiro atoms. The lowest BCUT2D eigenvalue weighted by Crippen LogP contribution is -2.39. The maximum atomic E-state index is 11.7. The van der Waals surface area contributed by atoms with Gasteiger partial charge in [0.15, 0.2) is 0 Å². The molecule has 0 aliphatic heterocycles. The summed E-state index contributed by atoms with van der Waals surface area (Å²) in [6, 6.07) is 7.69. The van der Waals surface area contributed by atoms with Crippen molar-refractivity contribution in [3.8, 4) is 0 Å². The van der Waals surface area contributed by atoms with Crippen LogP contribution in [0, 0.1) is 5.41 Å². The van der Waals surface area contributed by atoms with Gasteiger partial charge in [0.2, 0.25) is 11.8 Å². The molecule has 0 radical (unpaired) electrons. The third kappa shape index (κ3) is 5.12. The van der Waals surface area contributed by atoms with Gasteiger partial charge in [-0.15, -0.1) is 0 Å². The molecule has 0 atom stereocenters. The van der Waals surface area contributed by atoms with Crippen LogP contribution < -0.4 is 10.6 Å². The standard InChI is InChI=1S/C15H22N2O2/c1-5-11-7-6-8-12(9-11)17-13(18)10-16-14(19)15(2,3)4/h6-9H,5,10H2,1-4H3,(H,16,19)(H,17,18). The number of nitrogens with one attached hydrogen (secondary N) is 2. The van der Waals surface area contributed by atoms with Gasteiger partial charge in [-0.2, -0.15) is 0 Å². The molecule has 2 N–H and O–H groups in total. The van der Waals surface area contributed by atoms with Gasteiger partial charge in [-0.3, -0.25) is 9.59 Å². The topological polar surface area (TPSA) is 58.2 Å². The number of amides is 2. The summed E-state index contributed by atoms with van der Waals surface area (Å²) in [4.78, 5) is 23.3. The maximum absolute atomic E-state index is 11.7. The van der Waals surface area contributed by atoms with Crippen LogP contribution in [0.2, 0.25) is 0 Å². The van der Waals surface area contributed by atoms with E-state index in [-0.39, 0.29) is 18.4 Å². The molecule has 1 rings (SSSR count). The van der Waals surface area contributed by atoms with Gasteiger partial charge in [0.25, 0.3) is 0 Å². The second-order valence-corrected chi connectivity index (χ2v) is 5.53. The monoisotopic (exact) mass is 262 g/mol. The molecule has 0 bridgehead atoms. The quantitative estimate of drug-likeness (QED) is 0.875. The van der Waals surface area contributed by atoms with Crippen LogP contribution in [0.4, 0.5) is 5.69 Å². The highest BCUT2D eigenvalue weighted by Gasteiger charge is 2.21. The molecule has 19 heavy (non-hydrogen) atoms. The fraction of sp³-hybridized carbons (Fsp3) is 0.467. The Balaban J connectivity index is 2.49. The van der Waals surface area contributed by atoms with E-state index in [1.165, 1.54) is 0 Å². The van der Waals surface area contributed by atoms with E-state index >= 15 is 0 Å². The van der Waals surface area contributed by atoms with Gasteiger partial charge in [-0.25, -0.2) is 0 Å². The highest BCUT2D eigenvalue weighted by molar-refractivity contribution is 5.95. The molecule has 2 amide bonds. The highest BCUT2D eigenvalue weighted by Crippen LogP contribution is 2.13. The molecule has 0 unspecified atom stereocenters. The second-order valence-electron chi connectivity index (χ2n) is 5.53. The van der Waals surface area contributed by atoms with Crippen molar-refractivity contribution in [3.63, 3.8) is 0 Å². The zero-order valence-electron chi connectivity index (χ0n) is 12.0. The second kappa shape index (κ2) is 6.36. The minimum absolute atomic E-state index is 0.00748. The van der Waals surface area contributed by atoms with Crippen LogP contribution in [0.15, 0.2) is 24.3 Å². The van der Waals surface area contributed by atoms with Crippen LogP contribution in [0.3, 0.4) is 0 Å².